The lowest BCUT2D eigenvalue weighted by atomic mass is 10.2. The van der Waals surface area contributed by atoms with Crippen molar-refractivity contribution in [1.82, 2.24) is 10.3 Å². The lowest BCUT2D eigenvalue weighted by Crippen LogP contribution is -2.20. The van der Waals surface area contributed by atoms with Crippen molar-refractivity contribution in [1.29, 1.82) is 0 Å². The maximum Gasteiger partial charge on any atom is 0.0795 e. The van der Waals surface area contributed by atoms with E-state index in [9.17, 15) is 0 Å². The predicted molar refractivity (Wildman–Crippen MR) is 55.0 cm³/mol. The van der Waals surface area contributed by atoms with E-state index in [0.29, 0.717) is 6.04 Å². The average molecular weight is 200 g/mol. The molecule has 0 bridgehead atoms. The molecule has 0 spiro atoms. The fourth-order valence-corrected chi connectivity index (χ4v) is 1.72. The molecule has 0 radical (unpaired) electrons. The van der Waals surface area contributed by atoms with E-state index < -0.39 is 0 Å². The zero-order valence-corrected chi connectivity index (χ0v) is 8.93. The second-order valence-electron chi connectivity index (χ2n) is 2.94. The maximum absolute atomic E-state index is 4.96. The molecular weight excluding hydrogens is 184 g/mol. The monoisotopic (exact) mass is 200 g/mol. The Morgan fingerprint density at radius 3 is 3.15 bits per heavy atom. The minimum atomic E-state index is 0.350. The van der Waals surface area contributed by atoms with Crippen molar-refractivity contribution >= 4 is 11.3 Å². The highest BCUT2D eigenvalue weighted by Gasteiger charge is 2.04. The van der Waals surface area contributed by atoms with Crippen molar-refractivity contribution in [3.63, 3.8) is 0 Å². The van der Waals surface area contributed by atoms with Gasteiger partial charge in [0.25, 0.3) is 0 Å². The lowest BCUT2D eigenvalue weighted by molar-refractivity contribution is 0.193. The molecule has 0 aliphatic carbocycles. The van der Waals surface area contributed by atoms with E-state index in [1.807, 2.05) is 5.51 Å². The third-order valence-corrected chi connectivity index (χ3v) is 2.48. The molecular formula is C9H16N2OS. The SMILES string of the molecule is COCCCNC(C)c1cscn1. The largest absolute Gasteiger partial charge is 0.385 e. The number of hydrogen-bond donors (Lipinski definition) is 1. The van der Waals surface area contributed by atoms with Crippen LogP contribution in [-0.4, -0.2) is 25.2 Å². The maximum atomic E-state index is 4.96. The highest BCUT2D eigenvalue weighted by Crippen LogP contribution is 2.11. The molecule has 0 aromatic carbocycles. The van der Waals surface area contributed by atoms with E-state index in [4.69, 9.17) is 4.74 Å². The second kappa shape index (κ2) is 6.07. The van der Waals surface area contributed by atoms with Crippen LogP contribution in [0.25, 0.3) is 0 Å². The molecule has 0 fully saturated rings. The second-order valence-corrected chi connectivity index (χ2v) is 3.65. The summed E-state index contributed by atoms with van der Waals surface area (Å²) < 4.78 is 4.96. The molecule has 1 heterocycles. The van der Waals surface area contributed by atoms with Gasteiger partial charge in [-0.3, -0.25) is 0 Å². The summed E-state index contributed by atoms with van der Waals surface area (Å²) in [5.74, 6) is 0. The number of rotatable bonds is 6. The Bertz CT molecular complexity index is 213. The number of methoxy groups -OCH3 is 1. The molecule has 1 aromatic rings. The average Bonchev–Trinajstić information content (AvgIpc) is 2.65. The Balaban J connectivity index is 2.15. The number of ether oxygens (including phenoxy) is 1. The van der Waals surface area contributed by atoms with Gasteiger partial charge in [0, 0.05) is 25.1 Å². The Morgan fingerprint density at radius 2 is 2.54 bits per heavy atom. The van der Waals surface area contributed by atoms with Crippen LogP contribution in [0.1, 0.15) is 25.1 Å². The lowest BCUT2D eigenvalue weighted by Gasteiger charge is -2.10. The quantitative estimate of drug-likeness (QED) is 0.711. The summed E-state index contributed by atoms with van der Waals surface area (Å²) >= 11 is 1.64. The third kappa shape index (κ3) is 3.85. The molecule has 13 heavy (non-hydrogen) atoms. The van der Waals surface area contributed by atoms with Crippen LogP contribution in [0.2, 0.25) is 0 Å². The van der Waals surface area contributed by atoms with Gasteiger partial charge in [0.2, 0.25) is 0 Å². The fraction of sp³-hybridized carbons (Fsp3) is 0.667. The molecule has 0 aliphatic rings. The fourth-order valence-electron chi connectivity index (χ4n) is 1.08. The highest BCUT2D eigenvalue weighted by molar-refractivity contribution is 7.07. The zero-order chi connectivity index (χ0) is 9.52. The first-order chi connectivity index (χ1) is 6.34. The Hall–Kier alpha value is -0.450. The van der Waals surface area contributed by atoms with E-state index in [1.54, 1.807) is 18.4 Å². The van der Waals surface area contributed by atoms with Crippen LogP contribution in [0.3, 0.4) is 0 Å². The normalized spacial score (nSPS) is 13.1. The first-order valence-electron chi connectivity index (χ1n) is 4.45. The Kier molecular flexibility index (Phi) is 4.97. The van der Waals surface area contributed by atoms with Gasteiger partial charge in [-0.05, 0) is 19.9 Å². The van der Waals surface area contributed by atoms with Crippen molar-refractivity contribution < 1.29 is 4.74 Å². The van der Waals surface area contributed by atoms with E-state index in [2.05, 4.69) is 22.6 Å². The van der Waals surface area contributed by atoms with Gasteiger partial charge >= 0.3 is 0 Å². The molecule has 1 aromatic heterocycles. The van der Waals surface area contributed by atoms with Gasteiger partial charge in [0.15, 0.2) is 0 Å². The first kappa shape index (κ1) is 10.6. The summed E-state index contributed by atoms with van der Waals surface area (Å²) in [6.45, 7) is 3.92. The molecule has 3 nitrogen and oxygen atoms in total. The molecule has 0 saturated heterocycles. The minimum Gasteiger partial charge on any atom is -0.385 e. The van der Waals surface area contributed by atoms with Crippen LogP contribution in [0.4, 0.5) is 0 Å². The zero-order valence-electron chi connectivity index (χ0n) is 8.12. The van der Waals surface area contributed by atoms with E-state index >= 15 is 0 Å². The van der Waals surface area contributed by atoms with Gasteiger partial charge in [0.1, 0.15) is 0 Å². The van der Waals surface area contributed by atoms with Crippen LogP contribution in [0.15, 0.2) is 10.9 Å². The molecule has 74 valence electrons. The predicted octanol–water partition coefficient (Wildman–Crippen LogP) is 1.83. The Labute approximate surface area is 83.1 Å². The van der Waals surface area contributed by atoms with Crippen LogP contribution in [0.5, 0.6) is 0 Å². The molecule has 1 rings (SSSR count). The Morgan fingerprint density at radius 1 is 1.69 bits per heavy atom. The van der Waals surface area contributed by atoms with Crippen molar-refractivity contribution in [2.45, 2.75) is 19.4 Å². The van der Waals surface area contributed by atoms with Crippen molar-refractivity contribution in [3.8, 4) is 0 Å². The van der Waals surface area contributed by atoms with Gasteiger partial charge in [-0.25, -0.2) is 4.98 Å². The molecule has 0 saturated carbocycles. The van der Waals surface area contributed by atoms with Crippen molar-refractivity contribution in [2.24, 2.45) is 0 Å². The van der Waals surface area contributed by atoms with Gasteiger partial charge in [0.05, 0.1) is 11.2 Å². The summed E-state index contributed by atoms with van der Waals surface area (Å²) in [5, 5.41) is 5.46. The van der Waals surface area contributed by atoms with Crippen LogP contribution >= 0.6 is 11.3 Å². The van der Waals surface area contributed by atoms with Crippen molar-refractivity contribution in [3.05, 3.63) is 16.6 Å². The molecule has 4 heteroatoms. The highest BCUT2D eigenvalue weighted by atomic mass is 32.1. The minimum absolute atomic E-state index is 0.350. The molecule has 1 N–H and O–H groups in total. The summed E-state index contributed by atoms with van der Waals surface area (Å²) in [7, 11) is 1.73. The topological polar surface area (TPSA) is 34.1 Å². The molecule has 1 unspecified atom stereocenters. The number of aromatic nitrogens is 1. The van der Waals surface area contributed by atoms with Crippen molar-refractivity contribution in [2.75, 3.05) is 20.3 Å². The summed E-state index contributed by atoms with van der Waals surface area (Å²) in [6.07, 6.45) is 1.05. The summed E-state index contributed by atoms with van der Waals surface area (Å²) in [6, 6.07) is 0.350. The van der Waals surface area contributed by atoms with Gasteiger partial charge in [-0.15, -0.1) is 11.3 Å². The van der Waals surface area contributed by atoms with Crippen LogP contribution in [-0.2, 0) is 4.74 Å². The van der Waals surface area contributed by atoms with E-state index in [0.717, 1.165) is 25.3 Å². The van der Waals surface area contributed by atoms with Gasteiger partial charge in [-0.2, -0.15) is 0 Å². The van der Waals surface area contributed by atoms with Crippen LogP contribution < -0.4 is 5.32 Å². The molecule has 0 aliphatic heterocycles. The summed E-state index contributed by atoms with van der Waals surface area (Å²) in [4.78, 5) is 4.24. The first-order valence-corrected chi connectivity index (χ1v) is 5.39. The molecule has 0 amide bonds. The van der Waals surface area contributed by atoms with Crippen LogP contribution in [0, 0.1) is 0 Å². The van der Waals surface area contributed by atoms with Gasteiger partial charge < -0.3 is 10.1 Å². The van der Waals surface area contributed by atoms with E-state index in [1.165, 1.54) is 0 Å². The van der Waals surface area contributed by atoms with E-state index in [-0.39, 0.29) is 0 Å². The molecule has 1 atom stereocenters. The summed E-state index contributed by atoms with van der Waals surface area (Å²) in [5.41, 5.74) is 2.99. The third-order valence-electron chi connectivity index (χ3n) is 1.87. The van der Waals surface area contributed by atoms with Gasteiger partial charge in [-0.1, -0.05) is 0 Å². The number of nitrogens with zero attached hydrogens (tertiary/aromatic N) is 1. The smallest absolute Gasteiger partial charge is 0.0795 e. The number of nitrogens with one attached hydrogen (secondary N) is 1. The number of thiazole rings is 1. The number of hydrogen-bond acceptors (Lipinski definition) is 4. The standard InChI is InChI=1S/C9H16N2OS/c1-8(9-6-13-7-11-9)10-4-3-5-12-2/h6-8,10H,3-5H2,1-2H3.